The molecule has 100 valence electrons. The van der Waals surface area contributed by atoms with E-state index in [2.05, 4.69) is 5.32 Å². The Morgan fingerprint density at radius 1 is 1.47 bits per heavy atom. The first-order valence-corrected chi connectivity index (χ1v) is 5.79. The van der Waals surface area contributed by atoms with E-state index in [4.69, 9.17) is 0 Å². The largest absolute Gasteiger partial charge is 0.412 e. The Hall–Kier alpha value is -0.780. The van der Waals surface area contributed by atoms with Gasteiger partial charge in [0.25, 0.3) is 0 Å². The van der Waals surface area contributed by atoms with Crippen molar-refractivity contribution in [3.8, 4) is 0 Å². The average Bonchev–Trinajstić information content (AvgIpc) is 2.61. The summed E-state index contributed by atoms with van der Waals surface area (Å²) < 4.78 is 39.7. The third kappa shape index (κ3) is 2.41. The van der Waals surface area contributed by atoms with Crippen molar-refractivity contribution in [3.05, 3.63) is 0 Å². The van der Waals surface area contributed by atoms with Crippen LogP contribution in [0.15, 0.2) is 0 Å². The zero-order chi connectivity index (χ0) is 13.3. The van der Waals surface area contributed by atoms with Crippen LogP contribution in [-0.4, -0.2) is 42.7 Å². The summed E-state index contributed by atoms with van der Waals surface area (Å²) in [5.74, 6) is -0.832. The molecule has 0 saturated carbocycles. The summed E-state index contributed by atoms with van der Waals surface area (Å²) >= 11 is 0. The van der Waals surface area contributed by atoms with Gasteiger partial charge in [-0.3, -0.25) is 4.79 Å². The smallest absolute Gasteiger partial charge is 0.327 e. The molecule has 0 radical (unpaired) electrons. The summed E-state index contributed by atoms with van der Waals surface area (Å²) in [4.78, 5) is 12.9. The number of hydrogen-bond donors (Lipinski definition) is 1. The van der Waals surface area contributed by atoms with E-state index in [1.54, 1.807) is 13.8 Å². The first-order chi connectivity index (χ1) is 7.76. The number of carbonyl (C=O) groups excluding carboxylic acids is 1. The highest BCUT2D eigenvalue weighted by atomic mass is 19.4. The quantitative estimate of drug-likeness (QED) is 0.830. The first kappa shape index (κ1) is 14.3. The van der Waals surface area contributed by atoms with Crippen molar-refractivity contribution in [1.29, 1.82) is 0 Å². The number of likely N-dealkylation sites (N-methyl/N-ethyl adjacent to an activating group) is 1. The van der Waals surface area contributed by atoms with Crippen LogP contribution < -0.4 is 5.32 Å². The Labute approximate surface area is 99.4 Å². The highest BCUT2D eigenvalue weighted by Crippen LogP contribution is 2.43. The van der Waals surface area contributed by atoms with Gasteiger partial charge in [-0.25, -0.2) is 0 Å². The van der Waals surface area contributed by atoms with Gasteiger partial charge >= 0.3 is 6.18 Å². The van der Waals surface area contributed by atoms with Crippen LogP contribution in [0.25, 0.3) is 0 Å². The molecule has 1 rings (SSSR count). The third-order valence-electron chi connectivity index (χ3n) is 3.25. The summed E-state index contributed by atoms with van der Waals surface area (Å²) in [6.45, 7) is 3.20. The molecule has 0 aromatic heterocycles. The molecule has 1 atom stereocenters. The van der Waals surface area contributed by atoms with Crippen molar-refractivity contribution in [2.24, 2.45) is 5.92 Å². The van der Waals surface area contributed by atoms with Gasteiger partial charge in [-0.05, 0) is 19.9 Å². The second kappa shape index (κ2) is 4.84. The number of hydrogen-bond acceptors (Lipinski definition) is 2. The fourth-order valence-electron chi connectivity index (χ4n) is 2.38. The monoisotopic (exact) mass is 252 g/mol. The standard InChI is InChI=1S/C11H19F3N2O/c1-8(2)9(17)16-6-4-5-10(16,7-15-3)11(12,13)14/h8,15H,4-7H2,1-3H3. The molecule has 1 heterocycles. The number of nitrogens with zero attached hydrogens (tertiary/aromatic N) is 1. The van der Waals surface area contributed by atoms with Gasteiger partial charge in [0.05, 0.1) is 0 Å². The van der Waals surface area contributed by atoms with Crippen molar-refractivity contribution in [3.63, 3.8) is 0 Å². The number of amides is 1. The SMILES string of the molecule is CNCC1(C(F)(F)F)CCCN1C(=O)C(C)C. The van der Waals surface area contributed by atoms with Crippen molar-refractivity contribution < 1.29 is 18.0 Å². The summed E-state index contributed by atoms with van der Waals surface area (Å²) in [7, 11) is 1.48. The maximum absolute atomic E-state index is 13.2. The lowest BCUT2D eigenvalue weighted by Crippen LogP contribution is -2.62. The minimum atomic E-state index is -4.39. The molecular formula is C11H19F3N2O. The van der Waals surface area contributed by atoms with Gasteiger partial charge in [0.1, 0.15) is 0 Å². The Kier molecular flexibility index (Phi) is 4.06. The second-order valence-corrected chi connectivity index (χ2v) is 4.81. The van der Waals surface area contributed by atoms with E-state index in [0.29, 0.717) is 6.42 Å². The maximum Gasteiger partial charge on any atom is 0.412 e. The maximum atomic E-state index is 13.2. The van der Waals surface area contributed by atoms with Crippen molar-refractivity contribution in [2.75, 3.05) is 20.1 Å². The Bertz CT molecular complexity index is 291. The van der Waals surface area contributed by atoms with Crippen LogP contribution in [-0.2, 0) is 4.79 Å². The lowest BCUT2D eigenvalue weighted by atomic mass is 9.94. The Morgan fingerprint density at radius 2 is 2.06 bits per heavy atom. The fourth-order valence-corrected chi connectivity index (χ4v) is 2.38. The van der Waals surface area contributed by atoms with E-state index in [1.807, 2.05) is 0 Å². The molecule has 0 aromatic carbocycles. The number of halogens is 3. The van der Waals surface area contributed by atoms with Gasteiger partial charge < -0.3 is 10.2 Å². The van der Waals surface area contributed by atoms with Gasteiger partial charge in [0.15, 0.2) is 5.54 Å². The van der Waals surface area contributed by atoms with E-state index in [9.17, 15) is 18.0 Å². The lowest BCUT2D eigenvalue weighted by Gasteiger charge is -2.40. The number of carbonyl (C=O) groups is 1. The molecule has 1 aliphatic rings. The Balaban J connectivity index is 3.07. The average molecular weight is 252 g/mol. The van der Waals surface area contributed by atoms with E-state index >= 15 is 0 Å². The first-order valence-electron chi connectivity index (χ1n) is 5.79. The van der Waals surface area contributed by atoms with Gasteiger partial charge in [-0.2, -0.15) is 13.2 Å². The summed E-state index contributed by atoms with van der Waals surface area (Å²) in [5.41, 5.74) is -2.02. The summed E-state index contributed by atoms with van der Waals surface area (Å²) in [6.07, 6.45) is -4.01. The lowest BCUT2D eigenvalue weighted by molar-refractivity contribution is -0.223. The third-order valence-corrected chi connectivity index (χ3v) is 3.25. The molecule has 3 nitrogen and oxygen atoms in total. The van der Waals surface area contributed by atoms with Crippen LogP contribution in [0.2, 0.25) is 0 Å². The van der Waals surface area contributed by atoms with E-state index in [-0.39, 0.29) is 19.5 Å². The van der Waals surface area contributed by atoms with Gasteiger partial charge in [-0.1, -0.05) is 13.8 Å². The van der Waals surface area contributed by atoms with E-state index in [0.717, 1.165) is 4.90 Å². The van der Waals surface area contributed by atoms with Crippen molar-refractivity contribution in [1.82, 2.24) is 10.2 Å². The minimum absolute atomic E-state index is 0.0181. The van der Waals surface area contributed by atoms with E-state index < -0.39 is 23.5 Å². The fraction of sp³-hybridized carbons (Fsp3) is 0.909. The molecule has 1 amide bonds. The minimum Gasteiger partial charge on any atom is -0.327 e. The predicted octanol–water partition coefficient (Wildman–Crippen LogP) is 1.79. The van der Waals surface area contributed by atoms with Crippen LogP contribution in [0, 0.1) is 5.92 Å². The highest BCUT2D eigenvalue weighted by molar-refractivity contribution is 5.79. The van der Waals surface area contributed by atoms with Crippen LogP contribution in [0.1, 0.15) is 26.7 Å². The highest BCUT2D eigenvalue weighted by Gasteiger charge is 2.61. The predicted molar refractivity (Wildman–Crippen MR) is 58.5 cm³/mol. The Morgan fingerprint density at radius 3 is 2.47 bits per heavy atom. The number of alkyl halides is 3. The van der Waals surface area contributed by atoms with Crippen molar-refractivity contribution >= 4 is 5.91 Å². The van der Waals surface area contributed by atoms with Gasteiger partial charge in [0.2, 0.25) is 5.91 Å². The van der Waals surface area contributed by atoms with Crippen LogP contribution in [0.5, 0.6) is 0 Å². The molecule has 0 aliphatic carbocycles. The molecule has 1 aliphatic heterocycles. The summed E-state index contributed by atoms with van der Waals surface area (Å²) in [6, 6.07) is 0. The molecule has 1 N–H and O–H groups in total. The number of rotatable bonds is 3. The zero-order valence-corrected chi connectivity index (χ0v) is 10.4. The molecule has 17 heavy (non-hydrogen) atoms. The number of likely N-dealkylation sites (tertiary alicyclic amines) is 1. The normalized spacial score (nSPS) is 25.7. The zero-order valence-electron chi connectivity index (χ0n) is 10.4. The van der Waals surface area contributed by atoms with Crippen molar-refractivity contribution in [2.45, 2.75) is 38.4 Å². The molecule has 0 spiro atoms. The summed E-state index contributed by atoms with van der Waals surface area (Å²) in [5, 5.41) is 2.57. The molecule has 1 unspecified atom stereocenters. The molecule has 6 heteroatoms. The number of nitrogens with one attached hydrogen (secondary N) is 1. The second-order valence-electron chi connectivity index (χ2n) is 4.81. The molecule has 1 fully saturated rings. The van der Waals surface area contributed by atoms with Gasteiger partial charge in [0, 0.05) is 19.0 Å². The molecule has 0 aromatic rings. The van der Waals surface area contributed by atoms with Crippen LogP contribution in [0.3, 0.4) is 0 Å². The topological polar surface area (TPSA) is 32.3 Å². The molecule has 0 bridgehead atoms. The van der Waals surface area contributed by atoms with Crippen LogP contribution >= 0.6 is 0 Å². The molecular weight excluding hydrogens is 233 g/mol. The van der Waals surface area contributed by atoms with Gasteiger partial charge in [-0.15, -0.1) is 0 Å². The van der Waals surface area contributed by atoms with E-state index in [1.165, 1.54) is 7.05 Å². The molecule has 1 saturated heterocycles. The van der Waals surface area contributed by atoms with Crippen LogP contribution in [0.4, 0.5) is 13.2 Å².